The number of benzene rings is 3. The summed E-state index contributed by atoms with van der Waals surface area (Å²) in [6.45, 7) is 2.58. The molecule has 0 aromatic heterocycles. The number of carbonyl (C=O) groups is 1. The van der Waals surface area contributed by atoms with Crippen LogP contribution in [0.3, 0.4) is 0 Å². The van der Waals surface area contributed by atoms with Crippen LogP contribution in [0.4, 0.5) is 5.69 Å². The van der Waals surface area contributed by atoms with Crippen LogP contribution in [0, 0.1) is 0 Å². The number of aliphatic imine (C=N–C) groups is 1. The Bertz CT molecular complexity index is 949. The van der Waals surface area contributed by atoms with Crippen molar-refractivity contribution < 1.29 is 9.53 Å². The molecule has 1 fully saturated rings. The summed E-state index contributed by atoms with van der Waals surface area (Å²) in [7, 11) is 0. The summed E-state index contributed by atoms with van der Waals surface area (Å²) in [5.41, 5.74) is 3.02. The molecule has 1 unspecified atom stereocenters. The van der Waals surface area contributed by atoms with Gasteiger partial charge in [0.2, 0.25) is 5.91 Å². The maximum atomic E-state index is 12.9. The lowest BCUT2D eigenvalue weighted by Gasteiger charge is -2.21. The summed E-state index contributed by atoms with van der Waals surface area (Å²) in [6.07, 6.45) is 0. The molecule has 3 aromatic rings. The molecule has 146 valence electrons. The van der Waals surface area contributed by atoms with Gasteiger partial charge in [-0.15, -0.1) is 0 Å². The number of rotatable bonds is 6. The predicted octanol–water partition coefficient (Wildman–Crippen LogP) is 5.14. The van der Waals surface area contributed by atoms with Gasteiger partial charge in [0.25, 0.3) is 0 Å². The molecule has 1 atom stereocenters. The molecule has 4 rings (SSSR count). The first-order chi connectivity index (χ1) is 14.2. The standard InChI is InChI=1S/C24H22N2O2S/c1-2-28-20-15-13-19(14-16-20)25-24-26-23(27)22(29-24)21(17-9-5-3-6-10-17)18-11-7-4-8-12-18/h3-16,21-22H,2H2,1H3,(H,25,26,27). The Kier molecular flexibility index (Phi) is 5.96. The minimum Gasteiger partial charge on any atom is -0.494 e. The normalized spacial score (nSPS) is 17.5. The average molecular weight is 403 g/mol. The van der Waals surface area contributed by atoms with E-state index >= 15 is 0 Å². The van der Waals surface area contributed by atoms with Crippen LogP contribution in [0.1, 0.15) is 24.0 Å². The molecule has 0 radical (unpaired) electrons. The minimum absolute atomic E-state index is 0.0163. The van der Waals surface area contributed by atoms with Crippen LogP contribution in [-0.4, -0.2) is 22.9 Å². The van der Waals surface area contributed by atoms with Gasteiger partial charge in [-0.1, -0.05) is 72.4 Å². The summed E-state index contributed by atoms with van der Waals surface area (Å²) in [5.74, 6) is 0.749. The molecule has 3 aromatic carbocycles. The van der Waals surface area contributed by atoms with Gasteiger partial charge in [0.15, 0.2) is 5.17 Å². The number of nitrogens with one attached hydrogen (secondary N) is 1. The van der Waals surface area contributed by atoms with E-state index in [4.69, 9.17) is 4.74 Å². The lowest BCUT2D eigenvalue weighted by atomic mass is 9.88. The van der Waals surface area contributed by atoms with Crippen LogP contribution >= 0.6 is 11.8 Å². The number of hydrogen-bond donors (Lipinski definition) is 1. The van der Waals surface area contributed by atoms with E-state index in [0.717, 1.165) is 22.6 Å². The van der Waals surface area contributed by atoms with Crippen molar-refractivity contribution in [2.45, 2.75) is 18.1 Å². The smallest absolute Gasteiger partial charge is 0.240 e. The molecule has 1 heterocycles. The van der Waals surface area contributed by atoms with E-state index in [2.05, 4.69) is 34.6 Å². The number of amides is 1. The van der Waals surface area contributed by atoms with E-state index in [0.29, 0.717) is 11.8 Å². The molecule has 4 nitrogen and oxygen atoms in total. The maximum Gasteiger partial charge on any atom is 0.240 e. The SMILES string of the molecule is CCOc1ccc(N=C2NC(=O)C(C(c3ccccc3)c3ccccc3)S2)cc1. The van der Waals surface area contributed by atoms with E-state index in [1.54, 1.807) is 0 Å². The molecule has 1 aliphatic heterocycles. The zero-order valence-electron chi connectivity index (χ0n) is 16.1. The van der Waals surface area contributed by atoms with Gasteiger partial charge in [-0.05, 0) is 42.3 Å². The third kappa shape index (κ3) is 4.51. The topological polar surface area (TPSA) is 50.7 Å². The zero-order valence-corrected chi connectivity index (χ0v) is 16.9. The Morgan fingerprint density at radius 3 is 2.07 bits per heavy atom. The second-order valence-electron chi connectivity index (χ2n) is 6.67. The van der Waals surface area contributed by atoms with Crippen molar-refractivity contribution in [2.75, 3.05) is 6.61 Å². The van der Waals surface area contributed by atoms with Crippen molar-refractivity contribution >= 4 is 28.5 Å². The first-order valence-corrected chi connectivity index (χ1v) is 10.5. The molecule has 0 spiro atoms. The van der Waals surface area contributed by atoms with Gasteiger partial charge in [-0.2, -0.15) is 0 Å². The van der Waals surface area contributed by atoms with Crippen molar-refractivity contribution in [3.8, 4) is 5.75 Å². The number of ether oxygens (including phenoxy) is 1. The van der Waals surface area contributed by atoms with Crippen LogP contribution in [0.5, 0.6) is 5.75 Å². The Hall–Kier alpha value is -3.05. The monoisotopic (exact) mass is 402 g/mol. The highest BCUT2D eigenvalue weighted by atomic mass is 32.2. The first-order valence-electron chi connectivity index (χ1n) is 9.63. The lowest BCUT2D eigenvalue weighted by molar-refractivity contribution is -0.119. The molecule has 0 saturated carbocycles. The number of carbonyl (C=O) groups excluding carboxylic acids is 1. The van der Waals surface area contributed by atoms with Crippen molar-refractivity contribution in [1.82, 2.24) is 5.32 Å². The van der Waals surface area contributed by atoms with Gasteiger partial charge in [0, 0.05) is 5.92 Å². The molecule has 1 amide bonds. The maximum absolute atomic E-state index is 12.9. The van der Waals surface area contributed by atoms with E-state index in [1.807, 2.05) is 67.6 Å². The molecule has 5 heteroatoms. The Balaban J connectivity index is 1.61. The van der Waals surface area contributed by atoms with Gasteiger partial charge >= 0.3 is 0 Å². The molecule has 1 saturated heterocycles. The predicted molar refractivity (Wildman–Crippen MR) is 119 cm³/mol. The number of thioether (sulfide) groups is 1. The summed E-state index contributed by atoms with van der Waals surface area (Å²) in [5, 5.41) is 3.30. The second kappa shape index (κ2) is 8.97. The van der Waals surface area contributed by atoms with Crippen LogP contribution < -0.4 is 10.1 Å². The minimum atomic E-state index is -0.277. The van der Waals surface area contributed by atoms with Gasteiger partial charge in [-0.3, -0.25) is 4.79 Å². The molecule has 0 aliphatic carbocycles. The van der Waals surface area contributed by atoms with E-state index < -0.39 is 0 Å². The molecule has 1 N–H and O–H groups in total. The fraction of sp³-hybridized carbons (Fsp3) is 0.167. The molecule has 1 aliphatic rings. The lowest BCUT2D eigenvalue weighted by Crippen LogP contribution is -2.29. The van der Waals surface area contributed by atoms with Crippen LogP contribution in [0.25, 0.3) is 0 Å². The highest BCUT2D eigenvalue weighted by Gasteiger charge is 2.38. The van der Waals surface area contributed by atoms with Crippen LogP contribution in [-0.2, 0) is 4.79 Å². The van der Waals surface area contributed by atoms with Gasteiger partial charge in [0.1, 0.15) is 11.0 Å². The summed E-state index contributed by atoms with van der Waals surface area (Å²) in [4.78, 5) is 17.5. The third-order valence-electron chi connectivity index (χ3n) is 4.73. The largest absolute Gasteiger partial charge is 0.494 e. The first kappa shape index (κ1) is 19.3. The highest BCUT2D eigenvalue weighted by Crippen LogP contribution is 2.38. The summed E-state index contributed by atoms with van der Waals surface area (Å²) in [6, 6.07) is 27.9. The van der Waals surface area contributed by atoms with E-state index in [9.17, 15) is 4.79 Å². The quantitative estimate of drug-likeness (QED) is 0.621. The third-order valence-corrected chi connectivity index (χ3v) is 5.88. The fourth-order valence-electron chi connectivity index (χ4n) is 3.42. The Morgan fingerprint density at radius 1 is 0.931 bits per heavy atom. The summed E-state index contributed by atoms with van der Waals surface area (Å²) < 4.78 is 5.47. The molecule has 0 bridgehead atoms. The zero-order chi connectivity index (χ0) is 20.1. The van der Waals surface area contributed by atoms with E-state index in [-0.39, 0.29) is 17.1 Å². The number of amidine groups is 1. The molecule has 29 heavy (non-hydrogen) atoms. The van der Waals surface area contributed by atoms with Crippen LogP contribution in [0.2, 0.25) is 0 Å². The van der Waals surface area contributed by atoms with Crippen molar-refractivity contribution in [3.05, 3.63) is 96.1 Å². The number of nitrogens with zero attached hydrogens (tertiary/aromatic N) is 1. The molecular weight excluding hydrogens is 380 g/mol. The Morgan fingerprint density at radius 2 is 1.52 bits per heavy atom. The summed E-state index contributed by atoms with van der Waals surface area (Å²) >= 11 is 1.48. The van der Waals surface area contributed by atoms with Gasteiger partial charge < -0.3 is 10.1 Å². The molecular formula is C24H22N2O2S. The van der Waals surface area contributed by atoms with Crippen molar-refractivity contribution in [1.29, 1.82) is 0 Å². The van der Waals surface area contributed by atoms with Crippen molar-refractivity contribution in [3.63, 3.8) is 0 Å². The fourth-order valence-corrected chi connectivity index (χ4v) is 4.59. The Labute approximate surface area is 175 Å². The van der Waals surface area contributed by atoms with E-state index in [1.165, 1.54) is 11.8 Å². The van der Waals surface area contributed by atoms with Gasteiger partial charge in [-0.25, -0.2) is 4.99 Å². The number of hydrogen-bond acceptors (Lipinski definition) is 4. The average Bonchev–Trinajstić information content (AvgIpc) is 3.11. The second-order valence-corrected chi connectivity index (χ2v) is 7.80. The van der Waals surface area contributed by atoms with Crippen molar-refractivity contribution in [2.24, 2.45) is 4.99 Å². The van der Waals surface area contributed by atoms with Gasteiger partial charge in [0.05, 0.1) is 12.3 Å². The van der Waals surface area contributed by atoms with Crippen LogP contribution in [0.15, 0.2) is 89.9 Å². The highest BCUT2D eigenvalue weighted by molar-refractivity contribution is 8.15.